The van der Waals surface area contributed by atoms with Gasteiger partial charge in [0.2, 0.25) is 0 Å². The van der Waals surface area contributed by atoms with Gasteiger partial charge in [-0.1, -0.05) is 29.8 Å². The molecule has 0 atom stereocenters. The van der Waals surface area contributed by atoms with Gasteiger partial charge in [-0.05, 0) is 56.0 Å². The minimum absolute atomic E-state index is 0.292. The number of halogens is 1. The predicted octanol–water partition coefficient (Wildman–Crippen LogP) is 4.83. The number of carbonyl (C=O) groups excluding carboxylic acids is 1. The van der Waals surface area contributed by atoms with Crippen molar-refractivity contribution < 1.29 is 4.79 Å². The molecule has 6 heteroatoms. The van der Waals surface area contributed by atoms with Gasteiger partial charge in [0.15, 0.2) is 11.5 Å². The number of aromatic nitrogens is 2. The van der Waals surface area contributed by atoms with Crippen molar-refractivity contribution >= 4 is 40.0 Å². The maximum absolute atomic E-state index is 13.1. The molecule has 5 nitrogen and oxygen atoms in total. The van der Waals surface area contributed by atoms with Crippen LogP contribution in [-0.2, 0) is 0 Å². The van der Waals surface area contributed by atoms with E-state index < -0.39 is 0 Å². The van der Waals surface area contributed by atoms with E-state index in [9.17, 15) is 4.79 Å². The molecule has 1 saturated heterocycles. The molecule has 4 rings (SSSR count). The van der Waals surface area contributed by atoms with Gasteiger partial charge < -0.3 is 10.2 Å². The number of amides is 1. The lowest BCUT2D eigenvalue weighted by atomic mass is 10.1. The minimum Gasteiger partial charge on any atom is -0.355 e. The van der Waals surface area contributed by atoms with Crippen LogP contribution in [0.1, 0.15) is 35.3 Å². The lowest BCUT2D eigenvalue weighted by Crippen LogP contribution is -2.33. The molecule has 1 aromatic heterocycles. The summed E-state index contributed by atoms with van der Waals surface area (Å²) in [5.41, 5.74) is 3.46. The SMILES string of the molecule is Cc1ccc(NC(=O)c2nc3ccccc3nc2N2CCCCC2)c(Cl)c1. The van der Waals surface area contributed by atoms with Gasteiger partial charge in [0.25, 0.3) is 5.91 Å². The van der Waals surface area contributed by atoms with E-state index in [1.54, 1.807) is 0 Å². The first kappa shape index (κ1) is 17.7. The number of piperidine rings is 1. The Balaban J connectivity index is 1.74. The fourth-order valence-corrected chi connectivity index (χ4v) is 3.65. The van der Waals surface area contributed by atoms with Crippen LogP contribution in [0.25, 0.3) is 11.0 Å². The Bertz CT molecular complexity index is 999. The highest BCUT2D eigenvalue weighted by Crippen LogP contribution is 2.27. The molecular weight excluding hydrogens is 360 g/mol. The zero-order chi connectivity index (χ0) is 18.8. The monoisotopic (exact) mass is 380 g/mol. The van der Waals surface area contributed by atoms with Gasteiger partial charge in [-0.2, -0.15) is 0 Å². The Morgan fingerprint density at radius 1 is 1.04 bits per heavy atom. The van der Waals surface area contributed by atoms with Gasteiger partial charge >= 0.3 is 0 Å². The second-order valence-corrected chi connectivity index (χ2v) is 7.28. The van der Waals surface area contributed by atoms with E-state index in [0.29, 0.717) is 27.7 Å². The Hall–Kier alpha value is -2.66. The van der Waals surface area contributed by atoms with Crippen molar-refractivity contribution in [3.63, 3.8) is 0 Å². The van der Waals surface area contributed by atoms with Crippen LogP contribution in [0.2, 0.25) is 5.02 Å². The molecule has 0 aliphatic carbocycles. The van der Waals surface area contributed by atoms with Crippen LogP contribution in [0.5, 0.6) is 0 Å². The third-order valence-corrected chi connectivity index (χ3v) is 5.11. The molecule has 1 aliphatic heterocycles. The van der Waals surface area contributed by atoms with Crippen molar-refractivity contribution in [2.24, 2.45) is 0 Å². The van der Waals surface area contributed by atoms with E-state index in [0.717, 1.165) is 37.0 Å². The Morgan fingerprint density at radius 2 is 1.74 bits per heavy atom. The number of hydrogen-bond donors (Lipinski definition) is 1. The number of para-hydroxylation sites is 2. The summed E-state index contributed by atoms with van der Waals surface area (Å²) in [7, 11) is 0. The van der Waals surface area contributed by atoms with Crippen molar-refractivity contribution in [3.8, 4) is 0 Å². The highest BCUT2D eigenvalue weighted by molar-refractivity contribution is 6.34. The first-order valence-electron chi connectivity index (χ1n) is 9.21. The Morgan fingerprint density at radius 3 is 2.44 bits per heavy atom. The smallest absolute Gasteiger partial charge is 0.278 e. The van der Waals surface area contributed by atoms with Crippen LogP contribution in [0.3, 0.4) is 0 Å². The van der Waals surface area contributed by atoms with Crippen molar-refractivity contribution in [2.45, 2.75) is 26.2 Å². The highest BCUT2D eigenvalue weighted by Gasteiger charge is 2.23. The zero-order valence-electron chi connectivity index (χ0n) is 15.2. The summed E-state index contributed by atoms with van der Waals surface area (Å²) in [4.78, 5) is 24.6. The second-order valence-electron chi connectivity index (χ2n) is 6.87. The summed E-state index contributed by atoms with van der Waals surface area (Å²) in [6.45, 7) is 3.73. The lowest BCUT2D eigenvalue weighted by molar-refractivity contribution is 0.102. The summed E-state index contributed by atoms with van der Waals surface area (Å²) in [5.74, 6) is 0.355. The zero-order valence-corrected chi connectivity index (χ0v) is 16.0. The van der Waals surface area contributed by atoms with Crippen LogP contribution < -0.4 is 10.2 Å². The average Bonchev–Trinajstić information content (AvgIpc) is 2.69. The van der Waals surface area contributed by atoms with E-state index >= 15 is 0 Å². The average molecular weight is 381 g/mol. The number of nitrogens with zero attached hydrogens (tertiary/aromatic N) is 3. The van der Waals surface area contributed by atoms with Gasteiger partial charge in [-0.25, -0.2) is 9.97 Å². The molecular formula is C21H21ClN4O. The van der Waals surface area contributed by atoms with Crippen LogP contribution >= 0.6 is 11.6 Å². The molecule has 0 bridgehead atoms. The van der Waals surface area contributed by atoms with Crippen molar-refractivity contribution in [2.75, 3.05) is 23.3 Å². The maximum atomic E-state index is 13.1. The summed E-state index contributed by atoms with van der Waals surface area (Å²) < 4.78 is 0. The predicted molar refractivity (Wildman–Crippen MR) is 110 cm³/mol. The Labute approximate surface area is 163 Å². The normalized spacial score (nSPS) is 14.4. The number of anilines is 2. The molecule has 0 unspecified atom stereocenters. The first-order chi connectivity index (χ1) is 13.1. The summed E-state index contributed by atoms with van der Waals surface area (Å²) in [6, 6.07) is 13.2. The molecule has 1 fully saturated rings. The fraction of sp³-hybridized carbons (Fsp3) is 0.286. The molecule has 1 N–H and O–H groups in total. The number of rotatable bonds is 3. The standard InChI is InChI=1S/C21H21ClN4O/c1-14-9-10-16(15(22)13-14)25-21(27)19-20(26-11-5-2-6-12-26)24-18-8-4-3-7-17(18)23-19/h3-4,7-10,13H,2,5-6,11-12H2,1H3,(H,25,27). The van der Waals surface area contributed by atoms with Crippen LogP contribution in [0, 0.1) is 6.92 Å². The van der Waals surface area contributed by atoms with Crippen LogP contribution in [-0.4, -0.2) is 29.0 Å². The molecule has 2 heterocycles. The number of hydrogen-bond acceptors (Lipinski definition) is 4. The maximum Gasteiger partial charge on any atom is 0.278 e. The number of nitrogens with one attached hydrogen (secondary N) is 1. The molecule has 138 valence electrons. The molecule has 1 aliphatic rings. The highest BCUT2D eigenvalue weighted by atomic mass is 35.5. The van der Waals surface area contributed by atoms with E-state index in [4.69, 9.17) is 16.6 Å². The third-order valence-electron chi connectivity index (χ3n) is 4.80. The molecule has 0 saturated carbocycles. The van der Waals surface area contributed by atoms with Gasteiger partial charge in [0.05, 0.1) is 21.7 Å². The third kappa shape index (κ3) is 3.74. The van der Waals surface area contributed by atoms with Crippen LogP contribution in [0.4, 0.5) is 11.5 Å². The van der Waals surface area contributed by atoms with E-state index in [-0.39, 0.29) is 5.91 Å². The van der Waals surface area contributed by atoms with E-state index in [1.165, 1.54) is 6.42 Å². The first-order valence-corrected chi connectivity index (χ1v) is 9.59. The molecule has 0 spiro atoms. The summed E-state index contributed by atoms with van der Waals surface area (Å²) in [5, 5.41) is 3.41. The molecule has 3 aromatic rings. The van der Waals surface area contributed by atoms with Crippen molar-refractivity contribution in [1.29, 1.82) is 0 Å². The minimum atomic E-state index is -0.292. The molecule has 1 amide bonds. The topological polar surface area (TPSA) is 58.1 Å². The summed E-state index contributed by atoms with van der Waals surface area (Å²) >= 11 is 6.28. The number of benzene rings is 2. The fourth-order valence-electron chi connectivity index (χ4n) is 3.37. The van der Waals surface area contributed by atoms with E-state index in [1.807, 2.05) is 49.4 Å². The quantitative estimate of drug-likeness (QED) is 0.706. The van der Waals surface area contributed by atoms with Crippen LogP contribution in [0.15, 0.2) is 42.5 Å². The summed E-state index contributed by atoms with van der Waals surface area (Å²) in [6.07, 6.45) is 3.40. The molecule has 0 radical (unpaired) electrons. The van der Waals surface area contributed by atoms with Gasteiger partial charge in [-0.3, -0.25) is 4.79 Å². The number of aryl methyl sites for hydroxylation is 1. The number of fused-ring (bicyclic) bond motifs is 1. The van der Waals surface area contributed by atoms with Crippen molar-refractivity contribution in [1.82, 2.24) is 9.97 Å². The number of carbonyl (C=O) groups is 1. The largest absolute Gasteiger partial charge is 0.355 e. The van der Waals surface area contributed by atoms with Crippen molar-refractivity contribution in [3.05, 3.63) is 58.7 Å². The van der Waals surface area contributed by atoms with Gasteiger partial charge in [-0.15, -0.1) is 0 Å². The lowest BCUT2D eigenvalue weighted by Gasteiger charge is -2.29. The second kappa shape index (κ2) is 7.53. The molecule has 27 heavy (non-hydrogen) atoms. The van der Waals surface area contributed by atoms with Gasteiger partial charge in [0, 0.05) is 13.1 Å². The van der Waals surface area contributed by atoms with Gasteiger partial charge in [0.1, 0.15) is 0 Å². The Kier molecular flexibility index (Phi) is 4.94. The molecule has 2 aromatic carbocycles. The van der Waals surface area contributed by atoms with E-state index in [2.05, 4.69) is 15.2 Å².